The molecule has 0 aliphatic heterocycles. The molecule has 0 radical (unpaired) electrons. The number of hydrogen-bond acceptors (Lipinski definition) is 3. The van der Waals surface area contributed by atoms with Crippen LogP contribution in [0.15, 0.2) is 24.3 Å². The molecule has 1 aromatic rings. The SMILES string of the molecule is CCCCCCCCCCCCCCc1ccccc1OS(=O)(=O)O. The minimum atomic E-state index is -4.46. The fourth-order valence-electron chi connectivity index (χ4n) is 3.06. The first-order valence-corrected chi connectivity index (χ1v) is 11.1. The fourth-order valence-corrected chi connectivity index (χ4v) is 3.45. The molecule has 5 heteroatoms. The lowest BCUT2D eigenvalue weighted by Gasteiger charge is -2.08. The van der Waals surface area contributed by atoms with Gasteiger partial charge in [0, 0.05) is 0 Å². The van der Waals surface area contributed by atoms with E-state index >= 15 is 0 Å². The smallest absolute Gasteiger partial charge is 0.362 e. The van der Waals surface area contributed by atoms with Gasteiger partial charge in [0.2, 0.25) is 0 Å². The van der Waals surface area contributed by atoms with Gasteiger partial charge in [0.15, 0.2) is 0 Å². The summed E-state index contributed by atoms with van der Waals surface area (Å²) in [5, 5.41) is 0. The lowest BCUT2D eigenvalue weighted by Crippen LogP contribution is -2.08. The Balaban J connectivity index is 2.07. The number of unbranched alkanes of at least 4 members (excludes halogenated alkanes) is 11. The lowest BCUT2D eigenvalue weighted by molar-refractivity contribution is 0.385. The van der Waals surface area contributed by atoms with Gasteiger partial charge in [0.05, 0.1) is 0 Å². The molecule has 25 heavy (non-hydrogen) atoms. The topological polar surface area (TPSA) is 63.6 Å². The van der Waals surface area contributed by atoms with Gasteiger partial charge >= 0.3 is 10.4 Å². The van der Waals surface area contributed by atoms with Crippen molar-refractivity contribution in [1.82, 2.24) is 0 Å². The van der Waals surface area contributed by atoms with E-state index in [1.807, 2.05) is 12.1 Å². The molecule has 4 nitrogen and oxygen atoms in total. The summed E-state index contributed by atoms with van der Waals surface area (Å²) in [5.41, 5.74) is 0.826. The Morgan fingerprint density at radius 2 is 1.28 bits per heavy atom. The molecule has 0 aliphatic carbocycles. The van der Waals surface area contributed by atoms with Crippen molar-refractivity contribution in [3.05, 3.63) is 29.8 Å². The van der Waals surface area contributed by atoms with Crippen LogP contribution in [0.3, 0.4) is 0 Å². The maximum atomic E-state index is 10.9. The Labute approximate surface area is 153 Å². The van der Waals surface area contributed by atoms with Crippen molar-refractivity contribution in [3.63, 3.8) is 0 Å². The summed E-state index contributed by atoms with van der Waals surface area (Å²) < 4.78 is 35.2. The number of rotatable bonds is 15. The first-order valence-electron chi connectivity index (χ1n) is 9.77. The molecular formula is C20H34O4S. The van der Waals surface area contributed by atoms with E-state index in [-0.39, 0.29) is 5.75 Å². The highest BCUT2D eigenvalue weighted by atomic mass is 32.3. The quantitative estimate of drug-likeness (QED) is 0.299. The van der Waals surface area contributed by atoms with Crippen LogP contribution in [-0.2, 0) is 16.8 Å². The van der Waals surface area contributed by atoms with Gasteiger partial charge in [-0.1, -0.05) is 95.8 Å². The number of aryl methyl sites for hydroxylation is 1. The summed E-state index contributed by atoms with van der Waals surface area (Å²) >= 11 is 0. The third-order valence-electron chi connectivity index (χ3n) is 4.47. The zero-order valence-electron chi connectivity index (χ0n) is 15.6. The van der Waals surface area contributed by atoms with Crippen molar-refractivity contribution < 1.29 is 17.2 Å². The molecule has 144 valence electrons. The zero-order chi connectivity index (χ0) is 18.4. The van der Waals surface area contributed by atoms with E-state index in [1.165, 1.54) is 64.2 Å². The van der Waals surface area contributed by atoms with Gasteiger partial charge in [-0.05, 0) is 24.5 Å². The molecule has 0 saturated carbocycles. The van der Waals surface area contributed by atoms with Crippen molar-refractivity contribution >= 4 is 10.4 Å². The Kier molecular flexibility index (Phi) is 11.6. The summed E-state index contributed by atoms with van der Waals surface area (Å²) in [6.45, 7) is 2.25. The monoisotopic (exact) mass is 370 g/mol. The number of hydrogen-bond donors (Lipinski definition) is 1. The highest BCUT2D eigenvalue weighted by Gasteiger charge is 2.10. The summed E-state index contributed by atoms with van der Waals surface area (Å²) in [7, 11) is -4.46. The molecule has 0 unspecified atom stereocenters. The Morgan fingerprint density at radius 3 is 1.80 bits per heavy atom. The number of benzene rings is 1. The zero-order valence-corrected chi connectivity index (χ0v) is 16.4. The molecule has 0 fully saturated rings. The van der Waals surface area contributed by atoms with Crippen molar-refractivity contribution in [2.24, 2.45) is 0 Å². The minimum absolute atomic E-state index is 0.230. The second-order valence-corrected chi connectivity index (χ2v) is 7.78. The van der Waals surface area contributed by atoms with Crippen LogP contribution in [0.1, 0.15) is 89.5 Å². The van der Waals surface area contributed by atoms with Crippen LogP contribution in [0.5, 0.6) is 5.75 Å². The van der Waals surface area contributed by atoms with Crippen LogP contribution in [0.25, 0.3) is 0 Å². The predicted octanol–water partition coefficient (Wildman–Crippen LogP) is 6.11. The van der Waals surface area contributed by atoms with Crippen LogP contribution >= 0.6 is 0 Å². The highest BCUT2D eigenvalue weighted by Crippen LogP contribution is 2.22. The third-order valence-corrected chi connectivity index (χ3v) is 4.86. The molecule has 0 aliphatic rings. The molecule has 0 heterocycles. The summed E-state index contributed by atoms with van der Waals surface area (Å²) in [6, 6.07) is 6.97. The van der Waals surface area contributed by atoms with Gasteiger partial charge in [0.25, 0.3) is 0 Å². The maximum absolute atomic E-state index is 10.9. The van der Waals surface area contributed by atoms with E-state index in [1.54, 1.807) is 12.1 Å². The Bertz CT molecular complexity index is 555. The van der Waals surface area contributed by atoms with Crippen LogP contribution in [0.2, 0.25) is 0 Å². The summed E-state index contributed by atoms with van der Waals surface area (Å²) in [4.78, 5) is 0. The normalized spacial score (nSPS) is 11.6. The largest absolute Gasteiger partial charge is 0.446 e. The fraction of sp³-hybridized carbons (Fsp3) is 0.700. The molecule has 0 aromatic heterocycles. The van der Waals surface area contributed by atoms with E-state index in [4.69, 9.17) is 4.55 Å². The molecule has 0 saturated heterocycles. The first-order chi connectivity index (χ1) is 12.0. The Morgan fingerprint density at radius 1 is 0.800 bits per heavy atom. The van der Waals surface area contributed by atoms with E-state index < -0.39 is 10.4 Å². The van der Waals surface area contributed by atoms with Gasteiger partial charge in [-0.25, -0.2) is 0 Å². The van der Waals surface area contributed by atoms with Crippen molar-refractivity contribution in [1.29, 1.82) is 0 Å². The summed E-state index contributed by atoms with van der Waals surface area (Å²) in [6.07, 6.45) is 16.3. The van der Waals surface area contributed by atoms with Crippen LogP contribution in [0, 0.1) is 0 Å². The van der Waals surface area contributed by atoms with Crippen LogP contribution in [-0.4, -0.2) is 13.0 Å². The third kappa shape index (κ3) is 12.0. The minimum Gasteiger partial charge on any atom is -0.362 e. The van der Waals surface area contributed by atoms with E-state index in [2.05, 4.69) is 11.1 Å². The van der Waals surface area contributed by atoms with Crippen molar-refractivity contribution in [2.45, 2.75) is 90.4 Å². The maximum Gasteiger partial charge on any atom is 0.446 e. The second kappa shape index (κ2) is 13.2. The summed E-state index contributed by atoms with van der Waals surface area (Å²) in [5.74, 6) is 0.230. The molecule has 0 amide bonds. The molecular weight excluding hydrogens is 336 g/mol. The molecule has 0 atom stereocenters. The molecule has 0 spiro atoms. The first kappa shape index (κ1) is 22.0. The molecule has 1 rings (SSSR count). The average molecular weight is 371 g/mol. The predicted molar refractivity (Wildman–Crippen MR) is 103 cm³/mol. The average Bonchev–Trinajstić information content (AvgIpc) is 2.56. The number of para-hydroxylation sites is 1. The van der Waals surface area contributed by atoms with E-state index in [0.29, 0.717) is 0 Å². The van der Waals surface area contributed by atoms with Gasteiger partial charge in [-0.15, -0.1) is 0 Å². The van der Waals surface area contributed by atoms with E-state index in [9.17, 15) is 8.42 Å². The van der Waals surface area contributed by atoms with Gasteiger partial charge in [0.1, 0.15) is 5.75 Å². The van der Waals surface area contributed by atoms with Crippen LogP contribution in [0.4, 0.5) is 0 Å². The molecule has 0 bridgehead atoms. The van der Waals surface area contributed by atoms with Crippen LogP contribution < -0.4 is 4.18 Å². The lowest BCUT2D eigenvalue weighted by atomic mass is 10.0. The molecule has 1 N–H and O–H groups in total. The van der Waals surface area contributed by atoms with Crippen molar-refractivity contribution in [2.75, 3.05) is 0 Å². The van der Waals surface area contributed by atoms with Gasteiger partial charge in [-0.3, -0.25) is 4.55 Å². The van der Waals surface area contributed by atoms with Gasteiger partial charge < -0.3 is 4.18 Å². The molecule has 1 aromatic carbocycles. The standard InChI is InChI=1S/C20H34O4S/c1-2-3-4-5-6-7-8-9-10-11-12-13-16-19-17-14-15-18-20(19)24-25(21,22)23/h14-15,17-18H,2-13,16H2,1H3,(H,21,22,23). The van der Waals surface area contributed by atoms with Gasteiger partial charge in [-0.2, -0.15) is 8.42 Å². The highest BCUT2D eigenvalue weighted by molar-refractivity contribution is 7.81. The van der Waals surface area contributed by atoms with Crippen molar-refractivity contribution in [3.8, 4) is 5.75 Å². The Hall–Kier alpha value is -1.07. The second-order valence-electron chi connectivity index (χ2n) is 6.76. The van der Waals surface area contributed by atoms with E-state index in [0.717, 1.165) is 24.8 Å².